The molecule has 1 aromatic carbocycles. The number of benzene rings is 1. The Kier molecular flexibility index (Phi) is 3.72. The van der Waals surface area contributed by atoms with Crippen molar-refractivity contribution in [2.24, 2.45) is 0 Å². The number of ether oxygens (including phenoxy) is 1. The summed E-state index contributed by atoms with van der Waals surface area (Å²) in [5.74, 6) is 0.598. The molecule has 0 aliphatic carbocycles. The predicted octanol–water partition coefficient (Wildman–Crippen LogP) is 2.29. The molecule has 0 saturated carbocycles. The van der Waals surface area contributed by atoms with Gasteiger partial charge in [0.2, 0.25) is 5.91 Å². The van der Waals surface area contributed by atoms with Crippen LogP contribution in [0.4, 0.5) is 0 Å². The van der Waals surface area contributed by atoms with Crippen molar-refractivity contribution in [2.75, 3.05) is 13.7 Å². The van der Waals surface area contributed by atoms with Gasteiger partial charge in [0.1, 0.15) is 0 Å². The average Bonchev–Trinajstić information content (AvgIpc) is 2.70. The van der Waals surface area contributed by atoms with E-state index in [0.717, 1.165) is 22.1 Å². The monoisotopic (exact) mass is 265 g/mol. The molecule has 0 radical (unpaired) electrons. The van der Waals surface area contributed by atoms with Gasteiger partial charge >= 0.3 is 0 Å². The van der Waals surface area contributed by atoms with Gasteiger partial charge in [-0.2, -0.15) is 0 Å². The zero-order chi connectivity index (χ0) is 13.1. The second-order valence-corrected chi connectivity index (χ2v) is 4.93. The highest BCUT2D eigenvalue weighted by Crippen LogP contribution is 2.36. The van der Waals surface area contributed by atoms with E-state index in [2.05, 4.69) is 5.32 Å². The highest BCUT2D eigenvalue weighted by Gasteiger charge is 2.09. The maximum absolute atomic E-state index is 10.8. The maximum Gasteiger partial charge on any atom is 0.216 e. The van der Waals surface area contributed by atoms with Crippen LogP contribution in [0.1, 0.15) is 12.5 Å². The molecule has 18 heavy (non-hydrogen) atoms. The third-order valence-electron chi connectivity index (χ3n) is 2.72. The first-order chi connectivity index (χ1) is 8.61. The van der Waals surface area contributed by atoms with Gasteiger partial charge in [-0.3, -0.25) is 4.79 Å². The third kappa shape index (κ3) is 2.56. The van der Waals surface area contributed by atoms with Crippen LogP contribution in [0.15, 0.2) is 17.5 Å². The molecule has 4 nitrogen and oxygen atoms in total. The van der Waals surface area contributed by atoms with Gasteiger partial charge in [0.05, 0.1) is 7.11 Å². The Morgan fingerprint density at radius 1 is 1.50 bits per heavy atom. The van der Waals surface area contributed by atoms with Crippen molar-refractivity contribution < 1.29 is 14.6 Å². The first kappa shape index (κ1) is 12.7. The fraction of sp³-hybridized carbons (Fsp3) is 0.308. The van der Waals surface area contributed by atoms with Crippen LogP contribution < -0.4 is 10.1 Å². The van der Waals surface area contributed by atoms with Crippen molar-refractivity contribution in [2.45, 2.75) is 13.3 Å². The third-order valence-corrected chi connectivity index (χ3v) is 3.72. The lowest BCUT2D eigenvalue weighted by atomic mass is 10.1. The average molecular weight is 265 g/mol. The van der Waals surface area contributed by atoms with Gasteiger partial charge in [-0.15, -0.1) is 11.3 Å². The molecule has 0 bridgehead atoms. The molecule has 0 atom stereocenters. The van der Waals surface area contributed by atoms with E-state index in [-0.39, 0.29) is 11.7 Å². The van der Waals surface area contributed by atoms with Crippen LogP contribution in [0.2, 0.25) is 0 Å². The van der Waals surface area contributed by atoms with Crippen molar-refractivity contribution in [3.63, 3.8) is 0 Å². The summed E-state index contributed by atoms with van der Waals surface area (Å²) in [6, 6.07) is 3.55. The van der Waals surface area contributed by atoms with Gasteiger partial charge < -0.3 is 15.2 Å². The molecule has 2 rings (SSSR count). The Bertz CT molecular complexity index is 577. The number of hydrogen-bond acceptors (Lipinski definition) is 4. The quantitative estimate of drug-likeness (QED) is 0.891. The lowest BCUT2D eigenvalue weighted by Crippen LogP contribution is -2.22. The molecule has 2 N–H and O–H groups in total. The van der Waals surface area contributed by atoms with Gasteiger partial charge in [0.25, 0.3) is 0 Å². The van der Waals surface area contributed by atoms with Gasteiger partial charge in [-0.25, -0.2) is 0 Å². The minimum Gasteiger partial charge on any atom is -0.504 e. The largest absolute Gasteiger partial charge is 0.504 e. The van der Waals surface area contributed by atoms with Gasteiger partial charge in [0.15, 0.2) is 11.5 Å². The smallest absolute Gasteiger partial charge is 0.216 e. The SMILES string of the molecule is COc1cc2scc(CCNC(C)=O)c2cc1O. The fourth-order valence-electron chi connectivity index (χ4n) is 1.83. The summed E-state index contributed by atoms with van der Waals surface area (Å²) < 4.78 is 6.15. The molecule has 0 spiro atoms. The van der Waals surface area contributed by atoms with Crippen molar-refractivity contribution in [1.82, 2.24) is 5.32 Å². The predicted molar refractivity (Wildman–Crippen MR) is 72.4 cm³/mol. The standard InChI is InChI=1S/C13H15NO3S/c1-8(15)14-4-3-9-7-18-13-6-12(17-2)11(16)5-10(9)13/h5-7,16H,3-4H2,1-2H3,(H,14,15). The lowest BCUT2D eigenvalue weighted by molar-refractivity contribution is -0.118. The molecular formula is C13H15NO3S. The number of amides is 1. The number of thiophene rings is 1. The molecule has 1 heterocycles. The van der Waals surface area contributed by atoms with Crippen molar-refractivity contribution in [3.8, 4) is 11.5 Å². The highest BCUT2D eigenvalue weighted by atomic mass is 32.1. The molecule has 1 amide bonds. The summed E-state index contributed by atoms with van der Waals surface area (Å²) in [5.41, 5.74) is 1.13. The van der Waals surface area contributed by atoms with E-state index in [4.69, 9.17) is 4.74 Å². The van der Waals surface area contributed by atoms with E-state index in [1.807, 2.05) is 11.4 Å². The van der Waals surface area contributed by atoms with Gasteiger partial charge in [-0.1, -0.05) is 0 Å². The number of phenolic OH excluding ortho intramolecular Hbond substituents is 1. The van der Waals surface area contributed by atoms with Crippen molar-refractivity contribution in [3.05, 3.63) is 23.1 Å². The fourth-order valence-corrected chi connectivity index (χ4v) is 2.83. The van der Waals surface area contributed by atoms with Crippen LogP contribution in [0.25, 0.3) is 10.1 Å². The molecule has 96 valence electrons. The van der Waals surface area contributed by atoms with E-state index in [9.17, 15) is 9.90 Å². The molecule has 0 aliphatic rings. The summed E-state index contributed by atoms with van der Waals surface area (Å²) in [7, 11) is 1.53. The van der Waals surface area contributed by atoms with E-state index in [1.165, 1.54) is 14.0 Å². The van der Waals surface area contributed by atoms with E-state index in [1.54, 1.807) is 17.4 Å². The summed E-state index contributed by atoms with van der Waals surface area (Å²) in [6.07, 6.45) is 0.755. The Labute approximate surface area is 109 Å². The number of aromatic hydroxyl groups is 1. The van der Waals surface area contributed by atoms with Crippen LogP contribution in [-0.2, 0) is 11.2 Å². The number of fused-ring (bicyclic) bond motifs is 1. The van der Waals surface area contributed by atoms with Gasteiger partial charge in [0, 0.05) is 24.2 Å². The maximum atomic E-state index is 10.8. The minimum absolute atomic E-state index is 0.0287. The number of phenols is 1. The number of hydrogen-bond donors (Lipinski definition) is 2. The molecule has 0 saturated heterocycles. The number of rotatable bonds is 4. The van der Waals surface area contributed by atoms with E-state index in [0.29, 0.717) is 12.3 Å². The molecule has 2 aromatic rings. The van der Waals surface area contributed by atoms with Gasteiger partial charge in [-0.05, 0) is 28.8 Å². The Hall–Kier alpha value is -1.75. The molecule has 1 aromatic heterocycles. The van der Waals surface area contributed by atoms with E-state index < -0.39 is 0 Å². The van der Waals surface area contributed by atoms with Crippen molar-refractivity contribution in [1.29, 1.82) is 0 Å². The van der Waals surface area contributed by atoms with Crippen LogP contribution in [0, 0.1) is 0 Å². The lowest BCUT2D eigenvalue weighted by Gasteiger charge is -2.05. The Morgan fingerprint density at radius 2 is 2.28 bits per heavy atom. The second-order valence-electron chi connectivity index (χ2n) is 4.01. The minimum atomic E-state index is -0.0287. The van der Waals surface area contributed by atoms with Crippen LogP contribution in [-0.4, -0.2) is 24.7 Å². The Morgan fingerprint density at radius 3 is 2.94 bits per heavy atom. The molecular weight excluding hydrogens is 250 g/mol. The number of carbonyl (C=O) groups excluding carboxylic acids is 1. The number of carbonyl (C=O) groups is 1. The summed E-state index contributed by atoms with van der Waals surface area (Å²) >= 11 is 1.61. The summed E-state index contributed by atoms with van der Waals surface area (Å²) in [6.45, 7) is 2.11. The molecule has 5 heteroatoms. The zero-order valence-corrected chi connectivity index (χ0v) is 11.1. The molecule has 0 aliphatic heterocycles. The Balaban J connectivity index is 2.24. The topological polar surface area (TPSA) is 58.6 Å². The second kappa shape index (κ2) is 5.27. The summed E-state index contributed by atoms with van der Waals surface area (Å²) in [4.78, 5) is 10.8. The molecule has 0 unspecified atom stereocenters. The van der Waals surface area contributed by atoms with Crippen LogP contribution >= 0.6 is 11.3 Å². The zero-order valence-electron chi connectivity index (χ0n) is 10.3. The first-order valence-corrected chi connectivity index (χ1v) is 6.51. The number of nitrogens with one attached hydrogen (secondary N) is 1. The normalized spacial score (nSPS) is 10.6. The summed E-state index contributed by atoms with van der Waals surface area (Å²) in [5, 5.41) is 15.6. The van der Waals surface area contributed by atoms with E-state index >= 15 is 0 Å². The number of methoxy groups -OCH3 is 1. The van der Waals surface area contributed by atoms with Crippen LogP contribution in [0.5, 0.6) is 11.5 Å². The van der Waals surface area contributed by atoms with Crippen LogP contribution in [0.3, 0.4) is 0 Å². The molecule has 0 fully saturated rings. The first-order valence-electron chi connectivity index (χ1n) is 5.63. The van der Waals surface area contributed by atoms with Crippen molar-refractivity contribution >= 4 is 27.3 Å². The highest BCUT2D eigenvalue weighted by molar-refractivity contribution is 7.17.